The Balaban J connectivity index is 2.67. The number of rotatable bonds is 8. The lowest BCUT2D eigenvalue weighted by molar-refractivity contribution is -0.384. The van der Waals surface area contributed by atoms with Crippen LogP contribution in [0.1, 0.15) is 25.2 Å². The molecule has 11 heteroatoms. The Bertz CT molecular complexity index is 1010. The zero-order chi connectivity index (χ0) is 23.8. The SMILES string of the molecule is Cc1nc(C)c(OC(=O)OCC(C)C)c(-c2ccccc2[N+](=O)[O-])c1OC(=O)OCCO. The summed E-state index contributed by atoms with van der Waals surface area (Å²) in [6.45, 7) is 6.08. The van der Waals surface area contributed by atoms with Crippen molar-refractivity contribution in [3.8, 4) is 22.6 Å². The molecule has 0 aliphatic carbocycles. The number of carbonyl (C=O) groups excluding carboxylic acids is 2. The summed E-state index contributed by atoms with van der Waals surface area (Å²) in [6, 6.07) is 5.69. The predicted octanol–water partition coefficient (Wildman–Crippen LogP) is 3.95. The van der Waals surface area contributed by atoms with Crippen LogP contribution in [0.15, 0.2) is 24.3 Å². The number of ether oxygens (including phenoxy) is 4. The summed E-state index contributed by atoms with van der Waals surface area (Å²) in [5, 5.41) is 20.5. The minimum Gasteiger partial charge on any atom is -0.434 e. The topological polar surface area (TPSA) is 147 Å². The fourth-order valence-corrected chi connectivity index (χ4v) is 2.75. The third kappa shape index (κ3) is 6.14. The number of hydrogen-bond acceptors (Lipinski definition) is 10. The maximum Gasteiger partial charge on any atom is 0.514 e. The van der Waals surface area contributed by atoms with E-state index >= 15 is 0 Å². The molecule has 32 heavy (non-hydrogen) atoms. The molecule has 0 aliphatic rings. The van der Waals surface area contributed by atoms with E-state index < -0.39 is 23.8 Å². The first kappa shape index (κ1) is 24.5. The number of hydrogen-bond donors (Lipinski definition) is 1. The highest BCUT2D eigenvalue weighted by molar-refractivity contribution is 5.87. The van der Waals surface area contributed by atoms with Gasteiger partial charge in [0.2, 0.25) is 0 Å². The van der Waals surface area contributed by atoms with Crippen molar-refractivity contribution in [2.45, 2.75) is 27.7 Å². The molecular formula is C21H24N2O9. The van der Waals surface area contributed by atoms with E-state index in [1.54, 1.807) is 6.07 Å². The molecule has 0 bridgehead atoms. The molecule has 11 nitrogen and oxygen atoms in total. The Morgan fingerprint density at radius 2 is 1.62 bits per heavy atom. The first-order valence-electron chi connectivity index (χ1n) is 9.70. The summed E-state index contributed by atoms with van der Waals surface area (Å²) in [5.74, 6) is -0.308. The van der Waals surface area contributed by atoms with Gasteiger partial charge >= 0.3 is 12.3 Å². The van der Waals surface area contributed by atoms with Crippen LogP contribution in [0.25, 0.3) is 11.1 Å². The number of nitro groups is 1. The lowest BCUT2D eigenvalue weighted by Gasteiger charge is -2.18. The fraction of sp³-hybridized carbons (Fsp3) is 0.381. The fourth-order valence-electron chi connectivity index (χ4n) is 2.75. The van der Waals surface area contributed by atoms with E-state index in [-0.39, 0.29) is 58.8 Å². The summed E-state index contributed by atoms with van der Waals surface area (Å²) < 4.78 is 20.4. The third-order valence-electron chi connectivity index (χ3n) is 4.03. The van der Waals surface area contributed by atoms with Crippen molar-refractivity contribution in [3.05, 3.63) is 45.8 Å². The number of aromatic nitrogens is 1. The maximum absolute atomic E-state index is 12.3. The molecule has 2 aromatic rings. The zero-order valence-electron chi connectivity index (χ0n) is 18.1. The average molecular weight is 448 g/mol. The van der Waals surface area contributed by atoms with Crippen molar-refractivity contribution < 1.29 is 38.6 Å². The van der Waals surface area contributed by atoms with Gasteiger partial charge in [-0.3, -0.25) is 15.1 Å². The minimum absolute atomic E-state index is 0.0303. The van der Waals surface area contributed by atoms with Gasteiger partial charge in [-0.05, 0) is 25.8 Å². The van der Waals surface area contributed by atoms with Crippen molar-refractivity contribution in [3.63, 3.8) is 0 Å². The first-order chi connectivity index (χ1) is 15.1. The van der Waals surface area contributed by atoms with Crippen LogP contribution in [-0.2, 0) is 9.47 Å². The molecular weight excluding hydrogens is 424 g/mol. The van der Waals surface area contributed by atoms with E-state index in [0.29, 0.717) is 0 Å². The number of aliphatic hydroxyl groups is 1. The van der Waals surface area contributed by atoms with Crippen LogP contribution in [0.2, 0.25) is 0 Å². The van der Waals surface area contributed by atoms with Crippen molar-refractivity contribution in [1.29, 1.82) is 0 Å². The largest absolute Gasteiger partial charge is 0.514 e. The highest BCUT2D eigenvalue weighted by Crippen LogP contribution is 2.45. The van der Waals surface area contributed by atoms with Crippen molar-refractivity contribution in [2.24, 2.45) is 5.92 Å². The molecule has 0 unspecified atom stereocenters. The lowest BCUT2D eigenvalue weighted by atomic mass is 10.00. The van der Waals surface area contributed by atoms with Crippen LogP contribution < -0.4 is 9.47 Å². The van der Waals surface area contributed by atoms with Gasteiger partial charge < -0.3 is 24.1 Å². The molecule has 0 amide bonds. The number of nitrogens with zero attached hydrogens (tertiary/aromatic N) is 2. The van der Waals surface area contributed by atoms with Crippen molar-refractivity contribution in [1.82, 2.24) is 4.98 Å². The van der Waals surface area contributed by atoms with Gasteiger partial charge in [-0.2, -0.15) is 0 Å². The second kappa shape index (κ2) is 11.0. The zero-order valence-corrected chi connectivity index (χ0v) is 18.1. The van der Waals surface area contributed by atoms with Crippen LogP contribution in [-0.4, -0.2) is 47.1 Å². The smallest absolute Gasteiger partial charge is 0.434 e. The number of nitro benzene ring substituents is 1. The summed E-state index contributed by atoms with van der Waals surface area (Å²) in [6.07, 6.45) is -2.21. The Labute approximate surface area is 184 Å². The molecule has 0 atom stereocenters. The molecule has 0 radical (unpaired) electrons. The predicted molar refractivity (Wildman–Crippen MR) is 112 cm³/mol. The molecule has 2 rings (SSSR count). The van der Waals surface area contributed by atoms with Crippen LogP contribution in [0, 0.1) is 29.9 Å². The molecule has 0 spiro atoms. The Morgan fingerprint density at radius 1 is 1.06 bits per heavy atom. The first-order valence-corrected chi connectivity index (χ1v) is 9.70. The summed E-state index contributed by atoms with van der Waals surface area (Å²) in [7, 11) is 0. The summed E-state index contributed by atoms with van der Waals surface area (Å²) in [5.41, 5.74) is 0.0895. The number of aryl methyl sites for hydroxylation is 2. The molecule has 1 aromatic heterocycles. The Hall–Kier alpha value is -3.73. The number of benzene rings is 1. The normalized spacial score (nSPS) is 10.6. The van der Waals surface area contributed by atoms with Gasteiger partial charge in [0, 0.05) is 6.07 Å². The van der Waals surface area contributed by atoms with Gasteiger partial charge in [0.05, 0.1) is 40.7 Å². The number of aliphatic hydroxyl groups excluding tert-OH is 1. The van der Waals surface area contributed by atoms with Gasteiger partial charge in [0.1, 0.15) is 6.61 Å². The van der Waals surface area contributed by atoms with E-state index in [1.165, 1.54) is 32.0 Å². The highest BCUT2D eigenvalue weighted by atomic mass is 16.7. The Kier molecular flexibility index (Phi) is 8.47. The van der Waals surface area contributed by atoms with E-state index in [9.17, 15) is 19.7 Å². The molecule has 0 saturated carbocycles. The van der Waals surface area contributed by atoms with Gasteiger partial charge in [-0.15, -0.1) is 0 Å². The molecule has 0 aliphatic heterocycles. The average Bonchev–Trinajstić information content (AvgIpc) is 2.74. The standard InChI is InChI=1S/C21H24N2O9/c1-12(2)11-30-21(26)32-19-14(4)22-13(3)18(31-20(25)29-10-9-24)17(19)15-7-5-6-8-16(15)23(27)28/h5-8,12,24H,9-11H2,1-4H3. The molecule has 172 valence electrons. The lowest BCUT2D eigenvalue weighted by Crippen LogP contribution is -2.18. The van der Waals surface area contributed by atoms with Gasteiger partial charge in [0.15, 0.2) is 11.5 Å². The monoisotopic (exact) mass is 448 g/mol. The van der Waals surface area contributed by atoms with Gasteiger partial charge in [0.25, 0.3) is 5.69 Å². The third-order valence-corrected chi connectivity index (χ3v) is 4.03. The summed E-state index contributed by atoms with van der Waals surface area (Å²) in [4.78, 5) is 39.6. The second-order valence-electron chi connectivity index (χ2n) is 7.07. The van der Waals surface area contributed by atoms with Crippen LogP contribution >= 0.6 is 0 Å². The van der Waals surface area contributed by atoms with E-state index in [2.05, 4.69) is 4.98 Å². The number of carbonyl (C=O) groups is 2. The van der Waals surface area contributed by atoms with Crippen LogP contribution in [0.3, 0.4) is 0 Å². The molecule has 0 saturated heterocycles. The Morgan fingerprint density at radius 3 is 2.16 bits per heavy atom. The summed E-state index contributed by atoms with van der Waals surface area (Å²) >= 11 is 0. The number of para-hydroxylation sites is 1. The van der Waals surface area contributed by atoms with E-state index in [4.69, 9.17) is 24.1 Å². The van der Waals surface area contributed by atoms with E-state index in [0.717, 1.165) is 0 Å². The molecule has 1 heterocycles. The number of pyridine rings is 1. The van der Waals surface area contributed by atoms with Gasteiger partial charge in [-0.25, -0.2) is 9.59 Å². The van der Waals surface area contributed by atoms with Crippen molar-refractivity contribution in [2.75, 3.05) is 19.8 Å². The van der Waals surface area contributed by atoms with Gasteiger partial charge in [-0.1, -0.05) is 26.0 Å². The molecule has 1 N–H and O–H groups in total. The van der Waals surface area contributed by atoms with E-state index in [1.807, 2.05) is 13.8 Å². The van der Waals surface area contributed by atoms with Crippen LogP contribution in [0.5, 0.6) is 11.5 Å². The molecule has 0 fully saturated rings. The quantitative estimate of drug-likeness (QED) is 0.357. The minimum atomic E-state index is -1.17. The highest BCUT2D eigenvalue weighted by Gasteiger charge is 2.29. The van der Waals surface area contributed by atoms with Crippen LogP contribution in [0.4, 0.5) is 15.3 Å². The second-order valence-corrected chi connectivity index (χ2v) is 7.07. The molecule has 1 aromatic carbocycles. The maximum atomic E-state index is 12.3. The van der Waals surface area contributed by atoms with Crippen molar-refractivity contribution >= 4 is 18.0 Å².